The molecule has 1 atom stereocenters. The quantitative estimate of drug-likeness (QED) is 0.656. The Balaban J connectivity index is 1.52. The molecule has 1 amide bonds. The van der Waals surface area contributed by atoms with Gasteiger partial charge in [-0.2, -0.15) is 4.98 Å². The summed E-state index contributed by atoms with van der Waals surface area (Å²) in [6, 6.07) is 14.8. The lowest BCUT2D eigenvalue weighted by Gasteiger charge is -2.16. The van der Waals surface area contributed by atoms with Gasteiger partial charge in [-0.3, -0.25) is 4.79 Å². The number of amides is 1. The summed E-state index contributed by atoms with van der Waals surface area (Å²) in [5.41, 5.74) is 1.54. The number of carbonyl (C=O) groups excluding carboxylic acids is 1. The van der Waals surface area contributed by atoms with Crippen LogP contribution in [0.25, 0.3) is 11.4 Å². The number of rotatable bonds is 5. The molecule has 4 rings (SSSR count). The average molecular weight is 384 g/mol. The van der Waals surface area contributed by atoms with Gasteiger partial charge in [0.2, 0.25) is 17.6 Å². The van der Waals surface area contributed by atoms with E-state index in [9.17, 15) is 4.79 Å². The van der Waals surface area contributed by atoms with E-state index >= 15 is 0 Å². The zero-order chi connectivity index (χ0) is 18.8. The summed E-state index contributed by atoms with van der Waals surface area (Å²) < 4.78 is 10.9. The first-order valence-corrected chi connectivity index (χ1v) is 9.15. The van der Waals surface area contributed by atoms with Crippen molar-refractivity contribution in [2.45, 2.75) is 19.3 Å². The van der Waals surface area contributed by atoms with Crippen molar-refractivity contribution in [3.05, 3.63) is 59.4 Å². The Hall–Kier alpha value is -2.86. The molecular weight excluding hydrogens is 366 g/mol. The topological polar surface area (TPSA) is 68.5 Å². The van der Waals surface area contributed by atoms with E-state index in [-0.39, 0.29) is 11.8 Å². The molecule has 27 heavy (non-hydrogen) atoms. The summed E-state index contributed by atoms with van der Waals surface area (Å²) in [6.07, 6.45) is 0.331. The Labute approximate surface area is 161 Å². The third-order valence-corrected chi connectivity index (χ3v) is 4.82. The molecule has 1 aromatic heterocycles. The van der Waals surface area contributed by atoms with Gasteiger partial charge in [-0.1, -0.05) is 28.9 Å². The van der Waals surface area contributed by atoms with E-state index in [1.165, 1.54) is 0 Å². The Morgan fingerprint density at radius 3 is 2.74 bits per heavy atom. The predicted octanol–water partition coefficient (Wildman–Crippen LogP) is 4.31. The van der Waals surface area contributed by atoms with Crippen LogP contribution in [0.2, 0.25) is 5.02 Å². The Morgan fingerprint density at radius 2 is 2.00 bits per heavy atom. The van der Waals surface area contributed by atoms with E-state index in [4.69, 9.17) is 20.9 Å². The van der Waals surface area contributed by atoms with Crippen LogP contribution >= 0.6 is 11.6 Å². The third kappa shape index (κ3) is 3.53. The molecule has 2 aromatic carbocycles. The largest absolute Gasteiger partial charge is 0.494 e. The predicted molar refractivity (Wildman–Crippen MR) is 102 cm³/mol. The van der Waals surface area contributed by atoms with Gasteiger partial charge in [0.05, 0.1) is 17.5 Å². The van der Waals surface area contributed by atoms with Crippen molar-refractivity contribution < 1.29 is 14.1 Å². The molecule has 0 N–H and O–H groups in total. The summed E-state index contributed by atoms with van der Waals surface area (Å²) in [6.45, 7) is 3.04. The molecule has 0 unspecified atom stereocenters. The lowest BCUT2D eigenvalue weighted by Crippen LogP contribution is -2.24. The molecule has 0 radical (unpaired) electrons. The number of anilines is 1. The minimum absolute atomic E-state index is 0.0293. The second kappa shape index (κ2) is 7.40. The lowest BCUT2D eigenvalue weighted by atomic mass is 10.1. The van der Waals surface area contributed by atoms with Crippen LogP contribution in [-0.4, -0.2) is 29.2 Å². The summed E-state index contributed by atoms with van der Waals surface area (Å²) in [5.74, 6) is 1.55. The van der Waals surface area contributed by atoms with Crippen LogP contribution in [-0.2, 0) is 4.79 Å². The second-order valence-corrected chi connectivity index (χ2v) is 6.68. The van der Waals surface area contributed by atoms with Gasteiger partial charge in [0.15, 0.2) is 0 Å². The minimum Gasteiger partial charge on any atom is -0.494 e. The molecule has 0 spiro atoms. The molecule has 1 fully saturated rings. The number of nitrogens with zero attached hydrogens (tertiary/aromatic N) is 3. The first-order valence-electron chi connectivity index (χ1n) is 8.77. The molecule has 7 heteroatoms. The molecule has 0 aliphatic carbocycles. The fourth-order valence-electron chi connectivity index (χ4n) is 3.16. The van der Waals surface area contributed by atoms with Gasteiger partial charge in [0.1, 0.15) is 5.75 Å². The highest BCUT2D eigenvalue weighted by Crippen LogP contribution is 2.33. The van der Waals surface area contributed by atoms with Crippen molar-refractivity contribution in [2.75, 3.05) is 18.1 Å². The number of benzene rings is 2. The summed E-state index contributed by atoms with van der Waals surface area (Å²) in [7, 11) is 0. The molecule has 0 bridgehead atoms. The minimum atomic E-state index is -0.146. The van der Waals surface area contributed by atoms with Gasteiger partial charge in [-0.25, -0.2) is 0 Å². The number of hydrogen-bond acceptors (Lipinski definition) is 5. The Morgan fingerprint density at radius 1 is 1.22 bits per heavy atom. The Kier molecular flexibility index (Phi) is 4.81. The maximum atomic E-state index is 12.5. The average Bonchev–Trinajstić information content (AvgIpc) is 3.30. The van der Waals surface area contributed by atoms with Crippen LogP contribution in [0.4, 0.5) is 5.69 Å². The van der Waals surface area contributed by atoms with Crippen LogP contribution in [0.5, 0.6) is 5.75 Å². The van der Waals surface area contributed by atoms with Gasteiger partial charge in [-0.15, -0.1) is 0 Å². The van der Waals surface area contributed by atoms with Crippen molar-refractivity contribution in [3.63, 3.8) is 0 Å². The van der Waals surface area contributed by atoms with Crippen LogP contribution < -0.4 is 9.64 Å². The molecule has 1 aliphatic heterocycles. The summed E-state index contributed by atoms with van der Waals surface area (Å²) in [5, 5.41) is 4.59. The van der Waals surface area contributed by atoms with Crippen LogP contribution in [0.1, 0.15) is 25.2 Å². The number of ether oxygens (including phenoxy) is 1. The van der Waals surface area contributed by atoms with Crippen LogP contribution in [0.3, 0.4) is 0 Å². The number of aromatic nitrogens is 2. The van der Waals surface area contributed by atoms with E-state index in [1.807, 2.05) is 49.4 Å². The van der Waals surface area contributed by atoms with E-state index in [2.05, 4.69) is 10.1 Å². The first-order chi connectivity index (χ1) is 13.2. The normalized spacial score (nSPS) is 16.7. The fraction of sp³-hybridized carbons (Fsp3) is 0.250. The fourth-order valence-corrected chi connectivity index (χ4v) is 3.38. The van der Waals surface area contributed by atoms with Gasteiger partial charge in [-0.05, 0) is 43.3 Å². The second-order valence-electron chi connectivity index (χ2n) is 6.27. The molecule has 138 valence electrons. The highest BCUT2D eigenvalue weighted by molar-refractivity contribution is 6.33. The highest BCUT2D eigenvalue weighted by Gasteiger charge is 2.35. The van der Waals surface area contributed by atoms with E-state index < -0.39 is 0 Å². The Bertz CT molecular complexity index is 955. The molecule has 3 aromatic rings. The maximum Gasteiger partial charge on any atom is 0.232 e. The zero-order valence-corrected chi connectivity index (χ0v) is 15.5. The molecule has 2 heterocycles. The van der Waals surface area contributed by atoms with Crippen molar-refractivity contribution in [1.82, 2.24) is 10.1 Å². The summed E-state index contributed by atoms with van der Waals surface area (Å²) >= 11 is 6.20. The standard InChI is InChI=1S/C20H18ClN3O3/c1-2-26-15-9-7-14(8-10-15)24-12-13(11-18(24)25)20-22-19(23-27-20)16-5-3-4-6-17(16)21/h3-10,13H,2,11-12H2,1H3/t13-/m1/s1. The summed E-state index contributed by atoms with van der Waals surface area (Å²) in [4.78, 5) is 18.7. The van der Waals surface area contributed by atoms with Crippen molar-refractivity contribution in [2.24, 2.45) is 0 Å². The van der Waals surface area contributed by atoms with Crippen molar-refractivity contribution >= 4 is 23.2 Å². The molecule has 1 saturated heterocycles. The van der Waals surface area contributed by atoms with Crippen LogP contribution in [0.15, 0.2) is 53.1 Å². The molecule has 6 nitrogen and oxygen atoms in total. The van der Waals surface area contributed by atoms with Gasteiger partial charge < -0.3 is 14.2 Å². The zero-order valence-electron chi connectivity index (χ0n) is 14.8. The first kappa shape index (κ1) is 17.5. The lowest BCUT2D eigenvalue weighted by molar-refractivity contribution is -0.117. The van der Waals surface area contributed by atoms with Crippen LogP contribution in [0, 0.1) is 0 Å². The van der Waals surface area contributed by atoms with E-state index in [1.54, 1.807) is 11.0 Å². The number of carbonyl (C=O) groups is 1. The number of hydrogen-bond donors (Lipinski definition) is 0. The smallest absolute Gasteiger partial charge is 0.232 e. The monoisotopic (exact) mass is 383 g/mol. The molecule has 1 aliphatic rings. The van der Waals surface area contributed by atoms with Gasteiger partial charge in [0, 0.05) is 24.2 Å². The number of halogens is 1. The van der Waals surface area contributed by atoms with Gasteiger partial charge in [0.25, 0.3) is 0 Å². The SMILES string of the molecule is CCOc1ccc(N2C[C@H](c3nc(-c4ccccc4Cl)no3)CC2=O)cc1. The van der Waals surface area contributed by atoms with Crippen molar-refractivity contribution in [1.29, 1.82) is 0 Å². The molecular formula is C20H18ClN3O3. The van der Waals surface area contributed by atoms with Gasteiger partial charge >= 0.3 is 0 Å². The maximum absolute atomic E-state index is 12.5. The van der Waals surface area contributed by atoms with E-state index in [0.717, 1.165) is 11.4 Å². The molecule has 0 saturated carbocycles. The van der Waals surface area contributed by atoms with E-state index in [0.29, 0.717) is 41.9 Å². The highest BCUT2D eigenvalue weighted by atomic mass is 35.5. The third-order valence-electron chi connectivity index (χ3n) is 4.49. The van der Waals surface area contributed by atoms with Crippen molar-refractivity contribution in [3.8, 4) is 17.1 Å².